The molecule has 2 amide bonds. The molecule has 230 valence electrons. The van der Waals surface area contributed by atoms with Gasteiger partial charge in [-0.15, -0.1) is 0 Å². The molecule has 14 nitrogen and oxygen atoms in total. The van der Waals surface area contributed by atoms with Crippen molar-refractivity contribution in [2.24, 2.45) is 0 Å². The molecular weight excluding hydrogens is 578 g/mol. The van der Waals surface area contributed by atoms with Crippen molar-refractivity contribution < 1.29 is 14.7 Å². The van der Waals surface area contributed by atoms with Crippen molar-refractivity contribution in [1.82, 2.24) is 33.8 Å². The number of carboxylic acid groups (broad SMARTS) is 1. The maximum atomic E-state index is 13.3. The van der Waals surface area contributed by atoms with Gasteiger partial charge < -0.3 is 21.1 Å². The number of carbonyl (C=O) groups is 2. The van der Waals surface area contributed by atoms with Gasteiger partial charge in [0.15, 0.2) is 5.82 Å². The van der Waals surface area contributed by atoms with Gasteiger partial charge in [0.05, 0.1) is 11.7 Å². The standard InChI is InChI=1S/C31H31N9O5/c1-18(2)39-30(43)38(22-6-4-3-5-7-22)29(42)25(36-39)28(41)35-21-10-8-19(9-11-21)23-16-24(40-26(23)27(32)33-17-34-40)20-12-14-37(15-13-20)31(44)45/h3-11,16-18,20H,12-15H2,1-2H3,(H,35,41)(H,44,45)(H2,32,33,34). The van der Waals surface area contributed by atoms with E-state index in [4.69, 9.17) is 5.73 Å². The molecular formula is C31H31N9O5. The average Bonchev–Trinajstić information content (AvgIpc) is 3.43. The largest absolute Gasteiger partial charge is 0.465 e. The van der Waals surface area contributed by atoms with Crippen LogP contribution in [0.1, 0.15) is 54.8 Å². The van der Waals surface area contributed by atoms with E-state index in [9.17, 15) is 24.3 Å². The summed E-state index contributed by atoms with van der Waals surface area (Å²) in [6.45, 7) is 4.33. The zero-order valence-corrected chi connectivity index (χ0v) is 24.6. The van der Waals surface area contributed by atoms with Crippen LogP contribution in [0.25, 0.3) is 22.3 Å². The number of nitrogens with one attached hydrogen (secondary N) is 1. The highest BCUT2D eigenvalue weighted by molar-refractivity contribution is 6.02. The van der Waals surface area contributed by atoms with Crippen molar-refractivity contribution in [1.29, 1.82) is 0 Å². The number of fused-ring (bicyclic) bond motifs is 1. The first-order valence-corrected chi connectivity index (χ1v) is 14.5. The maximum absolute atomic E-state index is 13.3. The van der Waals surface area contributed by atoms with Crippen molar-refractivity contribution in [3.63, 3.8) is 0 Å². The third-order valence-corrected chi connectivity index (χ3v) is 7.97. The SMILES string of the molecule is CC(C)n1nc(C(=O)Nc2ccc(-c3cc(C4CCN(C(=O)O)CC4)n4ncnc(N)c34)cc2)c(=O)n(-c2ccccc2)c1=O. The van der Waals surface area contributed by atoms with E-state index >= 15 is 0 Å². The summed E-state index contributed by atoms with van der Waals surface area (Å²) >= 11 is 0. The predicted octanol–water partition coefficient (Wildman–Crippen LogP) is 3.38. The molecule has 4 N–H and O–H groups in total. The lowest BCUT2D eigenvalue weighted by Gasteiger charge is -2.29. The van der Waals surface area contributed by atoms with Gasteiger partial charge in [0.2, 0.25) is 5.69 Å². The Kier molecular flexibility index (Phi) is 7.62. The first kappa shape index (κ1) is 29.3. The number of benzene rings is 2. The molecule has 0 spiro atoms. The van der Waals surface area contributed by atoms with Crippen LogP contribution >= 0.6 is 0 Å². The van der Waals surface area contributed by atoms with Gasteiger partial charge in [0.1, 0.15) is 11.8 Å². The number of anilines is 2. The zero-order chi connectivity index (χ0) is 31.8. The lowest BCUT2D eigenvalue weighted by molar-refractivity contribution is 0.101. The Morgan fingerprint density at radius 2 is 1.71 bits per heavy atom. The normalized spacial score (nSPS) is 13.8. The molecule has 2 aromatic carbocycles. The number of para-hydroxylation sites is 1. The molecule has 0 unspecified atom stereocenters. The predicted molar refractivity (Wildman–Crippen MR) is 167 cm³/mol. The second-order valence-corrected chi connectivity index (χ2v) is 11.1. The number of aromatic nitrogens is 6. The zero-order valence-electron chi connectivity index (χ0n) is 24.6. The minimum atomic E-state index is -0.924. The Labute approximate surface area is 256 Å². The van der Waals surface area contributed by atoms with Gasteiger partial charge >= 0.3 is 11.8 Å². The molecule has 4 heterocycles. The highest BCUT2D eigenvalue weighted by Crippen LogP contribution is 2.37. The van der Waals surface area contributed by atoms with Crippen molar-refractivity contribution in [3.8, 4) is 16.8 Å². The summed E-state index contributed by atoms with van der Waals surface area (Å²) in [4.78, 5) is 56.8. The summed E-state index contributed by atoms with van der Waals surface area (Å²) < 4.78 is 3.82. The Morgan fingerprint density at radius 3 is 2.36 bits per heavy atom. The Bertz CT molecular complexity index is 2020. The van der Waals surface area contributed by atoms with Crippen LogP contribution in [-0.2, 0) is 0 Å². The van der Waals surface area contributed by atoms with Gasteiger partial charge in [-0.3, -0.25) is 9.59 Å². The molecule has 0 bridgehead atoms. The van der Waals surface area contributed by atoms with E-state index in [0.29, 0.717) is 48.6 Å². The molecule has 6 rings (SSSR count). The average molecular weight is 610 g/mol. The topological polar surface area (TPSA) is 183 Å². The smallest absolute Gasteiger partial charge is 0.407 e. The fraction of sp³-hybridized carbons (Fsp3) is 0.258. The minimum Gasteiger partial charge on any atom is -0.465 e. The van der Waals surface area contributed by atoms with Crippen LogP contribution in [0.15, 0.2) is 76.6 Å². The lowest BCUT2D eigenvalue weighted by atomic mass is 9.93. The Morgan fingerprint density at radius 1 is 1.02 bits per heavy atom. The molecule has 1 aliphatic heterocycles. The molecule has 5 aromatic rings. The Hall–Kier alpha value is -5.79. The van der Waals surface area contributed by atoms with Crippen LogP contribution < -0.4 is 22.3 Å². The maximum Gasteiger partial charge on any atom is 0.407 e. The summed E-state index contributed by atoms with van der Waals surface area (Å²) in [5.41, 5.74) is 8.28. The van der Waals surface area contributed by atoms with E-state index in [1.165, 1.54) is 11.2 Å². The van der Waals surface area contributed by atoms with Gasteiger partial charge in [0, 0.05) is 36.0 Å². The number of likely N-dealkylation sites (tertiary alicyclic amines) is 1. The molecule has 1 aliphatic rings. The van der Waals surface area contributed by atoms with E-state index in [0.717, 1.165) is 26.1 Å². The van der Waals surface area contributed by atoms with E-state index in [1.807, 2.05) is 6.07 Å². The summed E-state index contributed by atoms with van der Waals surface area (Å²) in [7, 11) is 0. The molecule has 0 saturated carbocycles. The molecule has 0 atom stereocenters. The molecule has 1 saturated heterocycles. The lowest BCUT2D eigenvalue weighted by Crippen LogP contribution is -2.45. The molecule has 0 radical (unpaired) electrons. The van der Waals surface area contributed by atoms with Crippen LogP contribution in [0.5, 0.6) is 0 Å². The first-order chi connectivity index (χ1) is 21.6. The highest BCUT2D eigenvalue weighted by atomic mass is 16.4. The van der Waals surface area contributed by atoms with Crippen LogP contribution in [0.3, 0.4) is 0 Å². The number of nitrogens with zero attached hydrogens (tertiary/aromatic N) is 7. The van der Waals surface area contributed by atoms with Crippen molar-refractivity contribution in [3.05, 3.63) is 99.2 Å². The fourth-order valence-corrected chi connectivity index (χ4v) is 5.67. The summed E-state index contributed by atoms with van der Waals surface area (Å²) in [5.74, 6) is -0.377. The summed E-state index contributed by atoms with van der Waals surface area (Å²) in [5, 5.41) is 20.6. The highest BCUT2D eigenvalue weighted by Gasteiger charge is 2.28. The number of hydrogen-bond donors (Lipinski definition) is 3. The number of piperidine rings is 1. The molecule has 1 fully saturated rings. The van der Waals surface area contributed by atoms with Gasteiger partial charge in [-0.2, -0.15) is 10.2 Å². The van der Waals surface area contributed by atoms with Gasteiger partial charge in [-0.05, 0) is 62.6 Å². The van der Waals surface area contributed by atoms with E-state index in [2.05, 4.69) is 20.5 Å². The van der Waals surface area contributed by atoms with Crippen LogP contribution in [-0.4, -0.2) is 64.0 Å². The number of hydrogen-bond acceptors (Lipinski definition) is 8. The third kappa shape index (κ3) is 5.41. The van der Waals surface area contributed by atoms with Gasteiger partial charge in [-0.1, -0.05) is 30.3 Å². The third-order valence-electron chi connectivity index (χ3n) is 7.97. The number of amides is 2. The number of nitrogens with two attached hydrogens (primary N) is 1. The fourth-order valence-electron chi connectivity index (χ4n) is 5.67. The quantitative estimate of drug-likeness (QED) is 0.260. The summed E-state index contributed by atoms with van der Waals surface area (Å²) in [6, 6.07) is 17.0. The summed E-state index contributed by atoms with van der Waals surface area (Å²) in [6.07, 6.45) is 1.77. The van der Waals surface area contributed by atoms with E-state index in [-0.39, 0.29) is 5.92 Å². The van der Waals surface area contributed by atoms with Gasteiger partial charge in [0.25, 0.3) is 11.5 Å². The van der Waals surface area contributed by atoms with E-state index < -0.39 is 35.0 Å². The van der Waals surface area contributed by atoms with E-state index in [1.54, 1.807) is 73.0 Å². The molecule has 0 aliphatic carbocycles. The second-order valence-electron chi connectivity index (χ2n) is 11.1. The number of rotatable bonds is 6. The van der Waals surface area contributed by atoms with Crippen LogP contribution in [0.2, 0.25) is 0 Å². The van der Waals surface area contributed by atoms with Gasteiger partial charge in [-0.25, -0.2) is 28.3 Å². The number of nitrogen functional groups attached to an aromatic ring is 1. The van der Waals surface area contributed by atoms with Crippen LogP contribution in [0, 0.1) is 0 Å². The minimum absolute atomic E-state index is 0.0799. The number of carbonyl (C=O) groups excluding carboxylic acids is 1. The van der Waals surface area contributed by atoms with Crippen molar-refractivity contribution >= 4 is 29.0 Å². The first-order valence-electron chi connectivity index (χ1n) is 14.5. The molecule has 3 aromatic heterocycles. The second kappa shape index (κ2) is 11.7. The van der Waals surface area contributed by atoms with Crippen LogP contribution in [0.4, 0.5) is 16.3 Å². The monoisotopic (exact) mass is 609 g/mol. The Balaban J connectivity index is 1.30. The molecule has 14 heteroatoms. The molecule has 45 heavy (non-hydrogen) atoms. The van der Waals surface area contributed by atoms with Crippen molar-refractivity contribution in [2.45, 2.75) is 38.6 Å². The van der Waals surface area contributed by atoms with Crippen molar-refractivity contribution in [2.75, 3.05) is 24.1 Å².